The van der Waals surface area contributed by atoms with Crippen molar-refractivity contribution in [2.24, 2.45) is 0 Å². The number of hydrogen-bond donors (Lipinski definition) is 0. The summed E-state index contributed by atoms with van der Waals surface area (Å²) in [6.07, 6.45) is 0. The van der Waals surface area contributed by atoms with E-state index < -0.39 is 21.5 Å². The van der Waals surface area contributed by atoms with Gasteiger partial charge in [-0.1, -0.05) is 23.5 Å². The fourth-order valence-corrected chi connectivity index (χ4v) is 13.4. The fraction of sp³-hybridized carbons (Fsp3) is 0.600. The third-order valence-corrected chi connectivity index (χ3v) is 12.4. The lowest BCUT2D eigenvalue weighted by molar-refractivity contribution is 1.25. The molecule has 0 aliphatic rings. The number of halogens is 4. The molecule has 0 atom stereocenters. The van der Waals surface area contributed by atoms with Gasteiger partial charge in [-0.25, -0.2) is 0 Å². The standard InChI is InChI=1S/C10H20Cl4Si3/c1-5-17(6-2,9-7-15(3,11)12)10-8-16(4,13)14/h5-6H,1-2,7-10H2,3-4H3. The summed E-state index contributed by atoms with van der Waals surface area (Å²) < 4.78 is 0. The first-order chi connectivity index (χ1) is 7.54. The summed E-state index contributed by atoms with van der Waals surface area (Å²) in [6.45, 7) is 7.71. The molecule has 100 valence electrons. The second kappa shape index (κ2) is 7.17. The topological polar surface area (TPSA) is 0 Å². The van der Waals surface area contributed by atoms with Crippen LogP contribution in [0.3, 0.4) is 0 Å². The van der Waals surface area contributed by atoms with E-state index in [2.05, 4.69) is 24.6 Å². The highest BCUT2D eigenvalue weighted by atomic mass is 35.7. The van der Waals surface area contributed by atoms with Gasteiger partial charge in [-0.3, -0.25) is 0 Å². The molecule has 0 aromatic rings. The molecular weight excluding hydrogens is 346 g/mol. The van der Waals surface area contributed by atoms with E-state index in [1.807, 2.05) is 13.1 Å². The van der Waals surface area contributed by atoms with E-state index >= 15 is 0 Å². The van der Waals surface area contributed by atoms with Gasteiger partial charge in [-0.2, -0.15) is 0 Å². The lowest BCUT2D eigenvalue weighted by Gasteiger charge is -2.27. The Morgan fingerprint density at radius 3 is 1.24 bits per heavy atom. The van der Waals surface area contributed by atoms with Crippen LogP contribution in [-0.2, 0) is 0 Å². The smallest absolute Gasteiger partial charge is 0.146 e. The predicted molar refractivity (Wildman–Crippen MR) is 92.0 cm³/mol. The third kappa shape index (κ3) is 8.92. The minimum atomic E-state index is -2.05. The van der Waals surface area contributed by atoms with Gasteiger partial charge in [0.05, 0.1) is 0 Å². The second-order valence-electron chi connectivity index (χ2n) is 4.78. The van der Waals surface area contributed by atoms with E-state index in [4.69, 9.17) is 44.3 Å². The lowest BCUT2D eigenvalue weighted by atomic mass is 10.9. The summed E-state index contributed by atoms with van der Waals surface area (Å²) in [4.78, 5) is 0. The minimum absolute atomic E-state index is 0.878. The van der Waals surface area contributed by atoms with E-state index in [9.17, 15) is 0 Å². The van der Waals surface area contributed by atoms with Crippen LogP contribution in [0.4, 0.5) is 0 Å². The van der Waals surface area contributed by atoms with Crippen molar-refractivity contribution in [2.75, 3.05) is 0 Å². The average Bonchev–Trinajstić information content (AvgIpc) is 2.16. The van der Waals surface area contributed by atoms with Crippen LogP contribution >= 0.6 is 44.3 Å². The van der Waals surface area contributed by atoms with Crippen molar-refractivity contribution in [3.8, 4) is 0 Å². The van der Waals surface area contributed by atoms with Crippen molar-refractivity contribution in [2.45, 2.75) is 37.3 Å². The van der Waals surface area contributed by atoms with Crippen molar-refractivity contribution >= 4 is 65.8 Å². The molecule has 17 heavy (non-hydrogen) atoms. The second-order valence-corrected chi connectivity index (χ2v) is 25.5. The number of rotatable bonds is 8. The molecular formula is C10H20Cl4Si3. The van der Waals surface area contributed by atoms with Crippen molar-refractivity contribution in [1.29, 1.82) is 0 Å². The molecule has 0 spiro atoms. The van der Waals surface area contributed by atoms with E-state index in [1.54, 1.807) is 0 Å². The van der Waals surface area contributed by atoms with Crippen LogP contribution < -0.4 is 0 Å². The average molecular weight is 366 g/mol. The van der Waals surface area contributed by atoms with Crippen molar-refractivity contribution in [3.63, 3.8) is 0 Å². The molecule has 0 saturated heterocycles. The molecule has 0 aliphatic heterocycles. The van der Waals surface area contributed by atoms with E-state index in [1.165, 1.54) is 0 Å². The van der Waals surface area contributed by atoms with E-state index in [0.29, 0.717) is 0 Å². The quantitative estimate of drug-likeness (QED) is 0.366. The first-order valence-electron chi connectivity index (χ1n) is 5.56. The number of hydrogen-bond acceptors (Lipinski definition) is 0. The Hall–Kier alpha value is 1.29. The molecule has 0 saturated carbocycles. The summed E-state index contributed by atoms with van der Waals surface area (Å²) in [6, 6.07) is 3.77. The zero-order valence-corrected chi connectivity index (χ0v) is 16.4. The summed E-state index contributed by atoms with van der Waals surface area (Å²) in [7, 11) is -1.70. The molecule has 0 aliphatic carbocycles. The Kier molecular flexibility index (Phi) is 7.72. The molecule has 0 heterocycles. The zero-order valence-electron chi connectivity index (χ0n) is 10.4. The maximum Gasteiger partial charge on any atom is 0.248 e. The molecule has 0 fully saturated rings. The maximum atomic E-state index is 6.16. The van der Waals surface area contributed by atoms with Gasteiger partial charge in [-0.15, -0.1) is 57.5 Å². The summed E-state index contributed by atoms with van der Waals surface area (Å²) in [5.41, 5.74) is 4.11. The van der Waals surface area contributed by atoms with Gasteiger partial charge in [0.15, 0.2) is 0 Å². The molecule has 0 radical (unpaired) electrons. The Labute approximate surface area is 127 Å². The SMILES string of the molecule is C=C[Si](C=C)(CC[Si](C)(Cl)Cl)CC[Si](C)(Cl)Cl. The zero-order chi connectivity index (χ0) is 13.7. The molecule has 0 rings (SSSR count). The first-order valence-corrected chi connectivity index (χ1v) is 17.6. The van der Waals surface area contributed by atoms with Gasteiger partial charge in [0.1, 0.15) is 8.07 Å². The Morgan fingerprint density at radius 2 is 1.06 bits per heavy atom. The summed E-state index contributed by atoms with van der Waals surface area (Å²) in [5.74, 6) is 0. The third-order valence-electron chi connectivity index (χ3n) is 2.87. The molecule has 0 nitrogen and oxygen atoms in total. The summed E-state index contributed by atoms with van der Waals surface area (Å²) >= 11 is 24.6. The molecule has 0 amide bonds. The van der Waals surface area contributed by atoms with Gasteiger partial charge < -0.3 is 0 Å². The van der Waals surface area contributed by atoms with Crippen molar-refractivity contribution < 1.29 is 0 Å². The fourth-order valence-electron chi connectivity index (χ4n) is 1.52. The van der Waals surface area contributed by atoms with E-state index in [-0.39, 0.29) is 0 Å². The molecule has 0 N–H and O–H groups in total. The summed E-state index contributed by atoms with van der Waals surface area (Å²) in [5, 5.41) is 0. The van der Waals surface area contributed by atoms with Gasteiger partial charge in [-0.05, 0) is 25.2 Å². The van der Waals surface area contributed by atoms with Crippen molar-refractivity contribution in [3.05, 3.63) is 24.6 Å². The normalized spacial score (nSPS) is 13.5. The Morgan fingerprint density at radius 1 is 0.765 bits per heavy atom. The van der Waals surface area contributed by atoms with Crippen LogP contribution in [0.25, 0.3) is 0 Å². The molecule has 0 bridgehead atoms. The van der Waals surface area contributed by atoms with Crippen LogP contribution in [0.1, 0.15) is 0 Å². The van der Waals surface area contributed by atoms with E-state index in [0.717, 1.165) is 24.2 Å². The highest BCUT2D eigenvalue weighted by Crippen LogP contribution is 2.33. The maximum absolute atomic E-state index is 6.16. The van der Waals surface area contributed by atoms with Crippen LogP contribution in [0.15, 0.2) is 24.6 Å². The van der Waals surface area contributed by atoms with Gasteiger partial charge in [0, 0.05) is 0 Å². The van der Waals surface area contributed by atoms with Crippen LogP contribution in [-0.4, -0.2) is 21.5 Å². The van der Waals surface area contributed by atoms with Gasteiger partial charge >= 0.3 is 0 Å². The first kappa shape index (κ1) is 18.3. The van der Waals surface area contributed by atoms with Crippen LogP contribution in [0.2, 0.25) is 37.3 Å². The van der Waals surface area contributed by atoms with Crippen molar-refractivity contribution in [1.82, 2.24) is 0 Å². The minimum Gasteiger partial charge on any atom is -0.146 e. The Bertz CT molecular complexity index is 240. The Balaban J connectivity index is 4.57. The monoisotopic (exact) mass is 364 g/mol. The lowest BCUT2D eigenvalue weighted by Crippen LogP contribution is -2.33. The van der Waals surface area contributed by atoms with Crippen LogP contribution in [0, 0.1) is 0 Å². The van der Waals surface area contributed by atoms with Gasteiger partial charge in [0.2, 0.25) is 13.4 Å². The molecule has 0 aromatic carbocycles. The molecule has 0 unspecified atom stereocenters. The molecule has 0 aromatic heterocycles. The van der Waals surface area contributed by atoms with Crippen LogP contribution in [0.5, 0.6) is 0 Å². The highest BCUT2D eigenvalue weighted by Gasteiger charge is 2.33. The molecule has 7 heteroatoms. The largest absolute Gasteiger partial charge is 0.248 e. The highest BCUT2D eigenvalue weighted by molar-refractivity contribution is 7.45. The van der Waals surface area contributed by atoms with Gasteiger partial charge in [0.25, 0.3) is 0 Å². The predicted octanol–water partition coefficient (Wildman–Crippen LogP) is 5.98.